The lowest BCUT2D eigenvalue weighted by Crippen LogP contribution is -2.73. The summed E-state index contributed by atoms with van der Waals surface area (Å²) in [6, 6.07) is -0.902. The molecule has 45 heavy (non-hydrogen) atoms. The van der Waals surface area contributed by atoms with Gasteiger partial charge in [-0.1, -0.05) is 5.16 Å². The maximum Gasteiger partial charge on any atom is 0.352 e. The summed E-state index contributed by atoms with van der Waals surface area (Å²) in [4.78, 5) is 40.5. The van der Waals surface area contributed by atoms with E-state index in [4.69, 9.17) is 27.4 Å². The molecule has 21 heteroatoms. The molecular weight excluding hydrogens is 632 g/mol. The van der Waals surface area contributed by atoms with Crippen molar-refractivity contribution in [2.75, 3.05) is 35.6 Å². The van der Waals surface area contributed by atoms with Gasteiger partial charge in [-0.05, 0) is 18.8 Å². The zero-order chi connectivity index (χ0) is 33.1. The van der Waals surface area contributed by atoms with Crippen LogP contribution in [-0.4, -0.2) is 107 Å². The van der Waals surface area contributed by atoms with Gasteiger partial charge in [-0.15, -0.1) is 23.1 Å². The number of carbonyl (C=O) groups is 2. The second-order valence-electron chi connectivity index (χ2n) is 10.5. The Morgan fingerprint density at radius 1 is 1.33 bits per heavy atom. The fourth-order valence-electron chi connectivity index (χ4n) is 4.29. The number of carboxylic acid groups (broad SMARTS) is 1. The number of nitrogen functional groups attached to an aromatic ring is 2. The summed E-state index contributed by atoms with van der Waals surface area (Å²) < 4.78 is 1.65. The third-order valence-corrected chi connectivity index (χ3v) is 8.78. The lowest BCUT2D eigenvalue weighted by molar-refractivity contribution is -0.691. The Labute approximate surface area is 264 Å². The number of aliphatic hydroxyl groups excluding tert-OH is 2. The molecule has 3 atom stereocenters. The topological polar surface area (TPSA) is 308 Å². The Balaban J connectivity index is 1.50. The summed E-state index contributed by atoms with van der Waals surface area (Å²) in [5, 5.41) is 60.7. The number of thiazole rings is 1. The Hall–Kier alpha value is -4.44. The number of carbonyl (C=O) groups excluding carboxylic acids is 1. The number of nitrogens with two attached hydrogens (primary N) is 3. The van der Waals surface area contributed by atoms with Crippen LogP contribution in [0.4, 0.5) is 16.6 Å². The molecule has 2 unspecified atom stereocenters. The first-order valence-corrected chi connectivity index (χ1v) is 15.3. The number of nitrogens with one attached hydrogen (secondary N) is 4. The van der Waals surface area contributed by atoms with Gasteiger partial charge in [-0.3, -0.25) is 10.2 Å². The average Bonchev–Trinajstić information content (AvgIpc) is 3.40. The van der Waals surface area contributed by atoms with Crippen LogP contribution in [0.3, 0.4) is 0 Å². The smallest absolute Gasteiger partial charge is 0.352 e. The number of nitrogens with zero attached hydrogens (tertiary/aromatic N) is 5. The van der Waals surface area contributed by atoms with E-state index in [1.54, 1.807) is 10.8 Å². The van der Waals surface area contributed by atoms with E-state index in [1.165, 1.54) is 42.2 Å². The number of anilines is 3. The number of oxime groups is 1. The molecule has 4 rings (SSSR count). The van der Waals surface area contributed by atoms with Gasteiger partial charge >= 0.3 is 5.97 Å². The van der Waals surface area contributed by atoms with E-state index >= 15 is 0 Å². The second-order valence-corrected chi connectivity index (χ2v) is 12.5. The van der Waals surface area contributed by atoms with Crippen molar-refractivity contribution in [3.8, 4) is 0 Å². The maximum atomic E-state index is 13.3. The molecule has 0 saturated carbocycles. The van der Waals surface area contributed by atoms with Crippen molar-refractivity contribution in [2.45, 2.75) is 49.9 Å². The number of hydrogen-bond donors (Lipinski definition) is 11. The molecule has 2 aromatic heterocycles. The number of aromatic nitrogens is 3. The van der Waals surface area contributed by atoms with E-state index in [-0.39, 0.29) is 46.3 Å². The number of rotatable bonds is 13. The first kappa shape index (κ1) is 33.5. The van der Waals surface area contributed by atoms with Crippen molar-refractivity contribution in [2.24, 2.45) is 10.9 Å². The molecule has 0 radical (unpaired) electrons. The Bertz CT molecular complexity index is 1510. The molecule has 1 fully saturated rings. The van der Waals surface area contributed by atoms with E-state index in [0.29, 0.717) is 24.4 Å². The molecule has 2 aliphatic rings. The monoisotopic (exact) mass is 667 g/mol. The number of aliphatic carboxylic acids is 1. The standard InChI is InChI=1S/C24H34N12O7S2/c1-24(2,21(41)42)43-34-13(12-8-45-23(28)32-12)17(37)33-14-18(38)36-15(20(39)40)10(7-44-19(14)36)5-35-6-11(16(25)31-9-35)29-3-4-30-22(26)27/h6,8-9,14,18-19,21,25,29,38,41-42H,3-5,7H2,1-2H3,(H8,26,27,28,30,32,33,37,39,40)/p+1/b34-13-/t14-,18?,19?/m1/s1. The van der Waals surface area contributed by atoms with E-state index < -0.39 is 41.4 Å². The Morgan fingerprint density at radius 3 is 2.69 bits per heavy atom. The SMILES string of the molecule is CC(C)(O/N=C(\C(=O)N[C@@H]1C(O)N2C(C(=O)O)=C(C[n+]3cnc(N)c(NCCNC(=N)N)c3)CSC12)c1csc(N)n1)C(O)O. The van der Waals surface area contributed by atoms with Gasteiger partial charge in [0.25, 0.3) is 18.1 Å². The second kappa shape index (κ2) is 13.7. The predicted molar refractivity (Wildman–Crippen MR) is 164 cm³/mol. The average molecular weight is 668 g/mol. The van der Waals surface area contributed by atoms with Crippen LogP contribution in [0.1, 0.15) is 19.5 Å². The molecule has 2 aliphatic heterocycles. The van der Waals surface area contributed by atoms with Gasteiger partial charge in [0.15, 0.2) is 34.9 Å². The molecule has 4 heterocycles. The van der Waals surface area contributed by atoms with Crippen LogP contribution in [-0.2, 0) is 21.0 Å². The zero-order valence-corrected chi connectivity index (χ0v) is 25.8. The van der Waals surface area contributed by atoms with Crippen molar-refractivity contribution >= 4 is 63.3 Å². The highest BCUT2D eigenvalue weighted by Gasteiger charge is 2.54. The third-order valence-electron chi connectivity index (χ3n) is 6.73. The summed E-state index contributed by atoms with van der Waals surface area (Å²) in [6.07, 6.45) is -0.188. The van der Waals surface area contributed by atoms with Crippen LogP contribution < -0.4 is 37.7 Å². The number of amides is 1. The summed E-state index contributed by atoms with van der Waals surface area (Å²) in [6.45, 7) is 3.57. The van der Waals surface area contributed by atoms with E-state index in [1.807, 2.05) is 0 Å². The molecule has 1 amide bonds. The third kappa shape index (κ3) is 7.62. The van der Waals surface area contributed by atoms with Crippen molar-refractivity contribution in [1.82, 2.24) is 25.5 Å². The fourth-order valence-corrected chi connectivity index (χ4v) is 6.24. The highest BCUT2D eigenvalue weighted by Crippen LogP contribution is 2.42. The maximum absolute atomic E-state index is 13.3. The van der Waals surface area contributed by atoms with Gasteiger partial charge in [0.2, 0.25) is 0 Å². The first-order valence-electron chi connectivity index (χ1n) is 13.3. The zero-order valence-electron chi connectivity index (χ0n) is 24.2. The number of aliphatic hydroxyl groups is 3. The van der Waals surface area contributed by atoms with Crippen LogP contribution >= 0.6 is 23.1 Å². The Morgan fingerprint density at radius 2 is 2.07 bits per heavy atom. The molecule has 244 valence electrons. The quantitative estimate of drug-likeness (QED) is 0.0252. The minimum Gasteiger partial charge on any atom is -0.477 e. The molecule has 1 saturated heterocycles. The number of thioether (sulfide) groups is 1. The normalized spacial score (nSPS) is 19.9. The van der Waals surface area contributed by atoms with Gasteiger partial charge < -0.3 is 63.3 Å². The van der Waals surface area contributed by atoms with Gasteiger partial charge in [-0.25, -0.2) is 14.3 Å². The minimum atomic E-state index is -1.91. The molecule has 0 aromatic carbocycles. The molecule has 0 spiro atoms. The molecule has 2 aromatic rings. The number of hydrogen-bond acceptors (Lipinski definition) is 16. The summed E-state index contributed by atoms with van der Waals surface area (Å²) in [5.74, 6) is -1.74. The van der Waals surface area contributed by atoms with Crippen molar-refractivity contribution in [1.29, 1.82) is 5.41 Å². The number of carboxylic acids is 1. The summed E-state index contributed by atoms with van der Waals surface area (Å²) in [7, 11) is 0. The summed E-state index contributed by atoms with van der Waals surface area (Å²) in [5.41, 5.74) is 16.0. The lowest BCUT2D eigenvalue weighted by Gasteiger charge is -2.55. The molecule has 0 bridgehead atoms. The van der Waals surface area contributed by atoms with Crippen molar-refractivity contribution in [3.63, 3.8) is 0 Å². The van der Waals surface area contributed by atoms with E-state index in [0.717, 1.165) is 11.3 Å². The van der Waals surface area contributed by atoms with Crippen molar-refractivity contribution < 1.29 is 39.4 Å². The predicted octanol–water partition coefficient (Wildman–Crippen LogP) is -3.07. The van der Waals surface area contributed by atoms with E-state index in [9.17, 15) is 30.0 Å². The highest BCUT2D eigenvalue weighted by molar-refractivity contribution is 8.00. The molecular formula is C24H35N12O7S2+. The van der Waals surface area contributed by atoms with Gasteiger partial charge in [-0.2, -0.15) is 0 Å². The van der Waals surface area contributed by atoms with Crippen LogP contribution in [0.15, 0.2) is 34.3 Å². The summed E-state index contributed by atoms with van der Waals surface area (Å²) >= 11 is 2.37. The minimum absolute atomic E-state index is 0.0618. The molecule has 14 N–H and O–H groups in total. The van der Waals surface area contributed by atoms with Crippen LogP contribution in [0, 0.1) is 5.41 Å². The molecule has 19 nitrogen and oxygen atoms in total. The van der Waals surface area contributed by atoms with Crippen LogP contribution in [0.25, 0.3) is 0 Å². The van der Waals surface area contributed by atoms with Crippen LogP contribution in [0.2, 0.25) is 0 Å². The van der Waals surface area contributed by atoms with Gasteiger partial charge in [0, 0.05) is 29.8 Å². The highest BCUT2D eigenvalue weighted by atomic mass is 32.2. The van der Waals surface area contributed by atoms with E-state index in [2.05, 4.69) is 31.1 Å². The Kier molecular flexibility index (Phi) is 10.2. The fraction of sp³-hybridized carbons (Fsp3) is 0.458. The number of guanidine groups is 1. The number of fused-ring (bicyclic) bond motifs is 1. The first-order chi connectivity index (χ1) is 21.2. The largest absolute Gasteiger partial charge is 0.477 e. The van der Waals surface area contributed by atoms with Crippen LogP contribution in [0.5, 0.6) is 0 Å². The van der Waals surface area contributed by atoms with Gasteiger partial charge in [0.05, 0.1) is 0 Å². The van der Waals surface area contributed by atoms with Crippen molar-refractivity contribution in [3.05, 3.63) is 34.9 Å². The molecule has 0 aliphatic carbocycles. The lowest BCUT2D eigenvalue weighted by atomic mass is 10.0. The van der Waals surface area contributed by atoms with Gasteiger partial charge in [0.1, 0.15) is 41.2 Å².